The number of nitrogens with zero attached hydrogens (tertiary/aromatic N) is 1. The number of rotatable bonds is 4. The summed E-state index contributed by atoms with van der Waals surface area (Å²) in [6, 6.07) is 5.29. The van der Waals surface area contributed by atoms with Gasteiger partial charge in [0.05, 0.1) is 5.25 Å². The number of nitrogens with one attached hydrogen (secondary N) is 1. The van der Waals surface area contributed by atoms with Crippen LogP contribution in [0.25, 0.3) is 0 Å². The standard InChI is InChI=1S/C16H23N3O3S.ClH/c1-11-2-3-12(17)10-15(11)16(20)18-13-6-8-19(9-7-13)23(21,22)14-4-5-14;/h2-3,10,13-14H,4-9,17H2,1H3,(H,18,20);1H. The van der Waals surface area contributed by atoms with E-state index < -0.39 is 10.0 Å². The average molecular weight is 374 g/mol. The van der Waals surface area contributed by atoms with Crippen molar-refractivity contribution in [2.45, 2.75) is 43.9 Å². The lowest BCUT2D eigenvalue weighted by Gasteiger charge is -2.31. The molecule has 1 aromatic rings. The molecule has 1 saturated carbocycles. The molecule has 1 aliphatic carbocycles. The number of sulfonamides is 1. The van der Waals surface area contributed by atoms with E-state index in [-0.39, 0.29) is 29.6 Å². The van der Waals surface area contributed by atoms with Gasteiger partial charge in [0.2, 0.25) is 10.0 Å². The minimum absolute atomic E-state index is 0. The summed E-state index contributed by atoms with van der Waals surface area (Å²) in [4.78, 5) is 12.4. The summed E-state index contributed by atoms with van der Waals surface area (Å²) in [7, 11) is -3.10. The van der Waals surface area contributed by atoms with E-state index in [4.69, 9.17) is 5.73 Å². The number of nitrogens with two attached hydrogens (primary N) is 1. The molecule has 1 saturated heterocycles. The number of benzene rings is 1. The predicted octanol–water partition coefficient (Wildman–Crippen LogP) is 1.69. The van der Waals surface area contributed by atoms with E-state index in [9.17, 15) is 13.2 Å². The number of hydrogen-bond acceptors (Lipinski definition) is 4. The highest BCUT2D eigenvalue weighted by molar-refractivity contribution is 7.90. The number of piperidine rings is 1. The number of amides is 1. The second-order valence-electron chi connectivity index (χ2n) is 6.47. The quantitative estimate of drug-likeness (QED) is 0.785. The fourth-order valence-electron chi connectivity index (χ4n) is 2.98. The van der Waals surface area contributed by atoms with E-state index in [1.807, 2.05) is 13.0 Å². The largest absolute Gasteiger partial charge is 0.399 e. The number of carbonyl (C=O) groups is 1. The van der Waals surface area contributed by atoms with E-state index in [2.05, 4.69) is 5.32 Å². The first-order chi connectivity index (χ1) is 10.9. The van der Waals surface area contributed by atoms with Crippen LogP contribution in [-0.2, 0) is 10.0 Å². The first-order valence-corrected chi connectivity index (χ1v) is 9.54. The number of anilines is 1. The van der Waals surface area contributed by atoms with Gasteiger partial charge in [-0.05, 0) is 50.3 Å². The highest BCUT2D eigenvalue weighted by Gasteiger charge is 2.41. The van der Waals surface area contributed by atoms with Crippen LogP contribution in [0.4, 0.5) is 5.69 Å². The second-order valence-corrected chi connectivity index (χ2v) is 8.68. The van der Waals surface area contributed by atoms with Crippen molar-refractivity contribution in [2.24, 2.45) is 0 Å². The SMILES string of the molecule is Cc1ccc(N)cc1C(=O)NC1CCN(S(=O)(=O)C2CC2)CC1.Cl. The van der Waals surface area contributed by atoms with Crippen LogP contribution in [0.5, 0.6) is 0 Å². The molecule has 0 radical (unpaired) electrons. The molecule has 2 fully saturated rings. The van der Waals surface area contributed by atoms with Crippen molar-refractivity contribution >= 4 is 34.0 Å². The van der Waals surface area contributed by atoms with Gasteiger partial charge in [-0.3, -0.25) is 4.79 Å². The first kappa shape index (κ1) is 19.0. The van der Waals surface area contributed by atoms with Crippen molar-refractivity contribution in [2.75, 3.05) is 18.8 Å². The highest BCUT2D eigenvalue weighted by Crippen LogP contribution is 2.32. The Morgan fingerprint density at radius 2 is 1.83 bits per heavy atom. The van der Waals surface area contributed by atoms with Gasteiger partial charge in [-0.15, -0.1) is 12.4 Å². The fraction of sp³-hybridized carbons (Fsp3) is 0.562. The van der Waals surface area contributed by atoms with Gasteiger partial charge in [-0.1, -0.05) is 6.07 Å². The zero-order valence-electron chi connectivity index (χ0n) is 13.7. The summed E-state index contributed by atoms with van der Waals surface area (Å²) in [6.07, 6.45) is 2.87. The van der Waals surface area contributed by atoms with Crippen LogP contribution in [0.2, 0.25) is 0 Å². The van der Waals surface area contributed by atoms with Gasteiger partial charge in [-0.25, -0.2) is 12.7 Å². The summed E-state index contributed by atoms with van der Waals surface area (Å²) in [5.74, 6) is -0.140. The molecule has 8 heteroatoms. The Bertz CT molecular complexity index is 711. The summed E-state index contributed by atoms with van der Waals surface area (Å²) >= 11 is 0. The maximum atomic E-state index is 12.4. The van der Waals surface area contributed by atoms with Crippen LogP contribution in [0.15, 0.2) is 18.2 Å². The topological polar surface area (TPSA) is 92.5 Å². The van der Waals surface area contributed by atoms with Gasteiger partial charge >= 0.3 is 0 Å². The number of hydrogen-bond donors (Lipinski definition) is 2. The lowest BCUT2D eigenvalue weighted by Crippen LogP contribution is -2.47. The lowest BCUT2D eigenvalue weighted by atomic mass is 10.0. The molecule has 0 spiro atoms. The summed E-state index contributed by atoms with van der Waals surface area (Å²) < 4.78 is 26.0. The van der Waals surface area contributed by atoms with Crippen molar-refractivity contribution in [1.82, 2.24) is 9.62 Å². The van der Waals surface area contributed by atoms with Crippen LogP contribution in [0.1, 0.15) is 41.6 Å². The summed E-state index contributed by atoms with van der Waals surface area (Å²) in [5.41, 5.74) is 7.77. The zero-order chi connectivity index (χ0) is 16.6. The summed E-state index contributed by atoms with van der Waals surface area (Å²) in [6.45, 7) is 2.85. The van der Waals surface area contributed by atoms with Crippen molar-refractivity contribution in [3.8, 4) is 0 Å². The number of nitrogen functional groups attached to an aromatic ring is 1. The minimum atomic E-state index is -3.10. The molecule has 0 aromatic heterocycles. The van der Waals surface area contributed by atoms with E-state index >= 15 is 0 Å². The van der Waals surface area contributed by atoms with Crippen molar-refractivity contribution < 1.29 is 13.2 Å². The van der Waals surface area contributed by atoms with Crippen LogP contribution >= 0.6 is 12.4 Å². The van der Waals surface area contributed by atoms with Gasteiger partial charge < -0.3 is 11.1 Å². The fourth-order valence-corrected chi connectivity index (χ4v) is 4.85. The van der Waals surface area contributed by atoms with E-state index in [1.54, 1.807) is 16.4 Å². The molecule has 1 amide bonds. The molecule has 2 aliphatic rings. The van der Waals surface area contributed by atoms with Gasteiger partial charge in [0.15, 0.2) is 0 Å². The summed E-state index contributed by atoms with van der Waals surface area (Å²) in [5, 5.41) is 2.84. The Labute approximate surface area is 149 Å². The van der Waals surface area contributed by atoms with Crippen LogP contribution in [-0.4, -0.2) is 43.0 Å². The Hall–Kier alpha value is -1.31. The molecule has 134 valence electrons. The Balaban J connectivity index is 0.00000208. The number of carbonyl (C=O) groups excluding carboxylic acids is 1. The molecule has 6 nitrogen and oxygen atoms in total. The third-order valence-electron chi connectivity index (χ3n) is 4.60. The number of aryl methyl sites for hydroxylation is 1. The monoisotopic (exact) mass is 373 g/mol. The molecule has 3 N–H and O–H groups in total. The Kier molecular flexibility index (Phi) is 5.78. The third-order valence-corrected chi connectivity index (χ3v) is 7.00. The van der Waals surface area contributed by atoms with E-state index in [0.29, 0.717) is 37.2 Å². The van der Waals surface area contributed by atoms with Crippen molar-refractivity contribution in [3.63, 3.8) is 0 Å². The maximum absolute atomic E-state index is 12.4. The van der Waals surface area contributed by atoms with Gasteiger partial charge in [0.1, 0.15) is 0 Å². The third kappa shape index (κ3) is 4.02. The molecule has 1 aromatic carbocycles. The normalized spacial score (nSPS) is 19.5. The maximum Gasteiger partial charge on any atom is 0.251 e. The lowest BCUT2D eigenvalue weighted by molar-refractivity contribution is 0.0923. The molecule has 24 heavy (non-hydrogen) atoms. The van der Waals surface area contributed by atoms with Crippen LogP contribution < -0.4 is 11.1 Å². The minimum Gasteiger partial charge on any atom is -0.399 e. The second kappa shape index (κ2) is 7.29. The predicted molar refractivity (Wildman–Crippen MR) is 96.8 cm³/mol. The molecular weight excluding hydrogens is 350 g/mol. The molecule has 3 rings (SSSR count). The first-order valence-electron chi connectivity index (χ1n) is 8.04. The zero-order valence-corrected chi connectivity index (χ0v) is 15.3. The van der Waals surface area contributed by atoms with Crippen molar-refractivity contribution in [1.29, 1.82) is 0 Å². The van der Waals surface area contributed by atoms with Crippen LogP contribution in [0, 0.1) is 6.92 Å². The molecular formula is C16H24ClN3O3S. The van der Waals surface area contributed by atoms with Gasteiger partial charge in [0, 0.05) is 30.4 Å². The number of halogens is 1. The molecule has 1 heterocycles. The molecule has 0 bridgehead atoms. The Morgan fingerprint density at radius 1 is 1.21 bits per heavy atom. The average Bonchev–Trinajstić information content (AvgIpc) is 3.35. The highest BCUT2D eigenvalue weighted by atomic mass is 35.5. The molecule has 0 atom stereocenters. The molecule has 1 aliphatic heterocycles. The Morgan fingerprint density at radius 3 is 2.42 bits per heavy atom. The van der Waals surface area contributed by atoms with Crippen molar-refractivity contribution in [3.05, 3.63) is 29.3 Å². The van der Waals surface area contributed by atoms with Gasteiger partial charge in [-0.2, -0.15) is 0 Å². The van der Waals surface area contributed by atoms with Crippen LogP contribution in [0.3, 0.4) is 0 Å². The van der Waals surface area contributed by atoms with E-state index in [0.717, 1.165) is 18.4 Å². The molecule has 0 unspecified atom stereocenters. The van der Waals surface area contributed by atoms with E-state index in [1.165, 1.54) is 0 Å². The smallest absolute Gasteiger partial charge is 0.251 e. The van der Waals surface area contributed by atoms with Gasteiger partial charge in [0.25, 0.3) is 5.91 Å².